The van der Waals surface area contributed by atoms with Gasteiger partial charge in [0.1, 0.15) is 10.8 Å². The third-order valence-electron chi connectivity index (χ3n) is 4.85. The Morgan fingerprint density at radius 1 is 1.16 bits per heavy atom. The highest BCUT2D eigenvalue weighted by Crippen LogP contribution is 2.33. The topological polar surface area (TPSA) is 84.9 Å². The Labute approximate surface area is 183 Å². The number of anilines is 2. The molecule has 1 aliphatic rings. The molecule has 0 fully saturated rings. The highest BCUT2D eigenvalue weighted by atomic mass is 32.1. The van der Waals surface area contributed by atoms with Crippen LogP contribution in [-0.2, 0) is 16.1 Å². The predicted octanol–water partition coefficient (Wildman–Crippen LogP) is 4.02. The summed E-state index contributed by atoms with van der Waals surface area (Å²) in [6, 6.07) is 16.1. The molecule has 0 saturated carbocycles. The summed E-state index contributed by atoms with van der Waals surface area (Å²) in [4.78, 5) is 39.5. The van der Waals surface area contributed by atoms with Crippen LogP contribution in [-0.4, -0.2) is 31.5 Å². The molecule has 2 amide bonds. The Kier molecular flexibility index (Phi) is 5.73. The normalized spacial score (nSPS) is 12.7. The number of hydrogen-bond acceptors (Lipinski definition) is 6. The van der Waals surface area contributed by atoms with Crippen molar-refractivity contribution in [1.29, 1.82) is 0 Å². The maximum absolute atomic E-state index is 12.7. The van der Waals surface area contributed by atoms with Gasteiger partial charge in [-0.2, -0.15) is 0 Å². The minimum atomic E-state index is -0.495. The molecule has 0 radical (unpaired) electrons. The number of aryl methyl sites for hydroxylation is 1. The van der Waals surface area contributed by atoms with Gasteiger partial charge in [0.15, 0.2) is 6.61 Å². The highest BCUT2D eigenvalue weighted by molar-refractivity contribution is 7.16. The lowest BCUT2D eigenvalue weighted by Crippen LogP contribution is -2.38. The van der Waals surface area contributed by atoms with Crippen molar-refractivity contribution in [3.63, 3.8) is 0 Å². The van der Waals surface area contributed by atoms with Crippen molar-refractivity contribution in [2.24, 2.45) is 0 Å². The molecule has 0 unspecified atom stereocenters. The van der Waals surface area contributed by atoms with E-state index >= 15 is 0 Å². The lowest BCUT2D eigenvalue weighted by atomic mass is 10.1. The van der Waals surface area contributed by atoms with Crippen LogP contribution in [0, 0.1) is 6.92 Å². The van der Waals surface area contributed by atoms with Gasteiger partial charge < -0.3 is 19.7 Å². The van der Waals surface area contributed by atoms with Gasteiger partial charge in [0.25, 0.3) is 11.8 Å². The summed E-state index contributed by atoms with van der Waals surface area (Å²) in [5.41, 5.74) is 2.38. The SMILES string of the molecule is COC(=O)c1cc(C)sc1NC(=O)c1ccc(CN2C(=O)COc3ccccc32)cc1. The molecule has 7 nitrogen and oxygen atoms in total. The van der Waals surface area contributed by atoms with Crippen molar-refractivity contribution < 1.29 is 23.9 Å². The fourth-order valence-corrected chi connectivity index (χ4v) is 4.21. The number of rotatable bonds is 5. The van der Waals surface area contributed by atoms with Crippen molar-refractivity contribution in [2.45, 2.75) is 13.5 Å². The zero-order valence-corrected chi connectivity index (χ0v) is 17.8. The van der Waals surface area contributed by atoms with Gasteiger partial charge in [-0.1, -0.05) is 24.3 Å². The number of carbonyl (C=O) groups excluding carboxylic acids is 3. The number of methoxy groups -OCH3 is 1. The number of carbonyl (C=O) groups is 3. The molecule has 2 heterocycles. The summed E-state index contributed by atoms with van der Waals surface area (Å²) in [6.07, 6.45) is 0. The molecule has 0 bridgehead atoms. The Hall–Kier alpha value is -3.65. The smallest absolute Gasteiger partial charge is 0.340 e. The largest absolute Gasteiger partial charge is 0.482 e. The fourth-order valence-electron chi connectivity index (χ4n) is 3.32. The molecular formula is C23H20N2O5S. The first-order chi connectivity index (χ1) is 15.0. The van der Waals surface area contributed by atoms with Gasteiger partial charge in [-0.05, 0) is 42.8 Å². The van der Waals surface area contributed by atoms with Crippen molar-refractivity contribution in [3.05, 3.63) is 76.2 Å². The number of amides is 2. The molecule has 0 atom stereocenters. The molecule has 3 aromatic rings. The Balaban J connectivity index is 1.49. The second kappa shape index (κ2) is 8.61. The third kappa shape index (κ3) is 4.29. The van der Waals surface area contributed by atoms with Crippen LogP contribution in [0.2, 0.25) is 0 Å². The lowest BCUT2D eigenvalue weighted by Gasteiger charge is -2.29. The molecule has 1 aromatic heterocycles. The van der Waals surface area contributed by atoms with Crippen LogP contribution in [0.5, 0.6) is 5.75 Å². The van der Waals surface area contributed by atoms with E-state index in [2.05, 4.69) is 5.32 Å². The summed E-state index contributed by atoms with van der Waals surface area (Å²) in [5.74, 6) is -0.272. The fraction of sp³-hybridized carbons (Fsp3) is 0.174. The Bertz CT molecular complexity index is 1150. The summed E-state index contributed by atoms with van der Waals surface area (Å²) in [7, 11) is 1.30. The van der Waals surface area contributed by atoms with E-state index in [0.717, 1.165) is 16.1 Å². The van der Waals surface area contributed by atoms with E-state index in [0.29, 0.717) is 28.4 Å². The van der Waals surface area contributed by atoms with Gasteiger partial charge in [0.2, 0.25) is 0 Å². The Morgan fingerprint density at radius 2 is 1.90 bits per heavy atom. The van der Waals surface area contributed by atoms with E-state index in [1.807, 2.05) is 31.2 Å². The van der Waals surface area contributed by atoms with E-state index in [1.54, 1.807) is 35.2 Å². The lowest BCUT2D eigenvalue weighted by molar-refractivity contribution is -0.121. The average molecular weight is 436 g/mol. The van der Waals surface area contributed by atoms with Crippen molar-refractivity contribution in [3.8, 4) is 5.75 Å². The number of esters is 1. The zero-order valence-electron chi connectivity index (χ0n) is 17.0. The second-order valence-corrected chi connectivity index (χ2v) is 8.24. The molecule has 1 aliphatic heterocycles. The number of hydrogen-bond donors (Lipinski definition) is 1. The zero-order chi connectivity index (χ0) is 22.0. The average Bonchev–Trinajstić information content (AvgIpc) is 3.15. The van der Waals surface area contributed by atoms with Gasteiger partial charge in [-0.15, -0.1) is 11.3 Å². The summed E-state index contributed by atoms with van der Waals surface area (Å²) in [5, 5.41) is 3.23. The van der Waals surface area contributed by atoms with Crippen LogP contribution in [0.15, 0.2) is 54.6 Å². The monoisotopic (exact) mass is 436 g/mol. The number of fused-ring (bicyclic) bond motifs is 1. The molecule has 0 spiro atoms. The number of nitrogens with zero attached hydrogens (tertiary/aromatic N) is 1. The highest BCUT2D eigenvalue weighted by Gasteiger charge is 2.25. The summed E-state index contributed by atoms with van der Waals surface area (Å²) in [6.45, 7) is 2.23. The van der Waals surface area contributed by atoms with Crippen LogP contribution in [0.4, 0.5) is 10.7 Å². The molecule has 4 rings (SSSR count). The minimum absolute atomic E-state index is 0.000259. The molecular weight excluding hydrogens is 416 g/mol. The molecule has 1 N–H and O–H groups in total. The molecule has 8 heteroatoms. The third-order valence-corrected chi connectivity index (χ3v) is 5.82. The first kappa shape index (κ1) is 20.6. The summed E-state index contributed by atoms with van der Waals surface area (Å²) < 4.78 is 10.2. The van der Waals surface area contributed by atoms with Gasteiger partial charge in [0.05, 0.1) is 24.9 Å². The molecule has 158 valence electrons. The van der Waals surface area contributed by atoms with E-state index in [-0.39, 0.29) is 18.4 Å². The molecule has 2 aromatic carbocycles. The number of para-hydroxylation sites is 2. The molecule has 0 saturated heterocycles. The van der Waals surface area contributed by atoms with Crippen LogP contribution >= 0.6 is 11.3 Å². The second-order valence-electron chi connectivity index (χ2n) is 6.98. The maximum Gasteiger partial charge on any atom is 0.340 e. The van der Waals surface area contributed by atoms with E-state index in [1.165, 1.54) is 18.4 Å². The quantitative estimate of drug-likeness (QED) is 0.611. The number of ether oxygens (including phenoxy) is 2. The van der Waals surface area contributed by atoms with Crippen molar-refractivity contribution >= 4 is 39.8 Å². The maximum atomic E-state index is 12.7. The predicted molar refractivity (Wildman–Crippen MR) is 118 cm³/mol. The minimum Gasteiger partial charge on any atom is -0.482 e. The van der Waals surface area contributed by atoms with Crippen LogP contribution in [0.25, 0.3) is 0 Å². The van der Waals surface area contributed by atoms with Gasteiger partial charge in [-0.25, -0.2) is 4.79 Å². The summed E-state index contributed by atoms with van der Waals surface area (Å²) >= 11 is 1.31. The molecule has 31 heavy (non-hydrogen) atoms. The van der Waals surface area contributed by atoms with Crippen molar-refractivity contribution in [2.75, 3.05) is 23.9 Å². The van der Waals surface area contributed by atoms with Crippen LogP contribution < -0.4 is 15.0 Å². The molecule has 0 aliphatic carbocycles. The van der Waals surface area contributed by atoms with Gasteiger partial charge in [0, 0.05) is 10.4 Å². The van der Waals surface area contributed by atoms with Crippen molar-refractivity contribution in [1.82, 2.24) is 0 Å². The number of benzene rings is 2. The first-order valence-electron chi connectivity index (χ1n) is 9.57. The van der Waals surface area contributed by atoms with Crippen LogP contribution in [0.1, 0.15) is 31.2 Å². The standard InChI is InChI=1S/C23H20N2O5S/c1-14-11-17(23(28)29-2)22(31-14)24-21(27)16-9-7-15(8-10-16)12-25-18-5-3-4-6-19(18)30-13-20(25)26/h3-11H,12-13H2,1-2H3,(H,24,27). The first-order valence-corrected chi connectivity index (χ1v) is 10.4. The number of thiophene rings is 1. The Morgan fingerprint density at radius 3 is 2.65 bits per heavy atom. The van der Waals surface area contributed by atoms with E-state index < -0.39 is 5.97 Å². The van der Waals surface area contributed by atoms with E-state index in [4.69, 9.17) is 9.47 Å². The van der Waals surface area contributed by atoms with E-state index in [9.17, 15) is 14.4 Å². The van der Waals surface area contributed by atoms with Gasteiger partial charge >= 0.3 is 5.97 Å². The van der Waals surface area contributed by atoms with Crippen LogP contribution in [0.3, 0.4) is 0 Å². The number of nitrogens with one attached hydrogen (secondary N) is 1. The van der Waals surface area contributed by atoms with Gasteiger partial charge in [-0.3, -0.25) is 9.59 Å².